The normalized spacial score (nSPS) is 17.4. The molecule has 0 bridgehead atoms. The van der Waals surface area contributed by atoms with Gasteiger partial charge in [0.05, 0.1) is 16.9 Å². The van der Waals surface area contributed by atoms with Crippen LogP contribution in [-0.2, 0) is 0 Å². The second kappa shape index (κ2) is 9.25. The molecule has 3 heterocycles. The van der Waals surface area contributed by atoms with Crippen LogP contribution >= 0.6 is 0 Å². The van der Waals surface area contributed by atoms with Crippen LogP contribution in [0, 0.1) is 0 Å². The molecule has 5 rings (SSSR count). The number of para-hydroxylation sites is 2. The lowest BCUT2D eigenvalue weighted by molar-refractivity contribution is 0.169. The highest BCUT2D eigenvalue weighted by molar-refractivity contribution is 5.90. The van der Waals surface area contributed by atoms with Gasteiger partial charge in [-0.3, -0.25) is 9.88 Å². The minimum absolute atomic E-state index is 0.534. The van der Waals surface area contributed by atoms with Gasteiger partial charge in [-0.2, -0.15) is 0 Å². The van der Waals surface area contributed by atoms with E-state index in [9.17, 15) is 0 Å². The van der Waals surface area contributed by atoms with E-state index in [2.05, 4.69) is 70.1 Å². The highest BCUT2D eigenvalue weighted by Gasteiger charge is 2.25. The summed E-state index contributed by atoms with van der Waals surface area (Å²) >= 11 is 0. The first kappa shape index (κ1) is 20.9. The average molecular weight is 433 g/mol. The molecular weight excluding hydrogens is 400 g/mol. The Morgan fingerprint density at radius 2 is 1.75 bits per heavy atom. The largest absolute Gasteiger partial charge is 0.486 e. The first-order valence-corrected chi connectivity index (χ1v) is 11.6. The minimum atomic E-state index is 0.534. The van der Waals surface area contributed by atoms with Crippen LogP contribution in [-0.4, -0.2) is 68.9 Å². The molecule has 1 fully saturated rings. The van der Waals surface area contributed by atoms with Gasteiger partial charge >= 0.3 is 0 Å². The van der Waals surface area contributed by atoms with Crippen LogP contribution in [0.2, 0.25) is 0 Å². The second-order valence-electron chi connectivity index (χ2n) is 8.74. The smallest absolute Gasteiger partial charge is 0.184 e. The Morgan fingerprint density at radius 1 is 0.969 bits per heavy atom. The summed E-state index contributed by atoms with van der Waals surface area (Å²) < 4.78 is 11.7. The molecule has 6 nitrogen and oxygen atoms in total. The molecule has 2 aliphatic rings. The van der Waals surface area contributed by atoms with Crippen LogP contribution in [0.4, 0.5) is 11.4 Å². The molecule has 2 aromatic carbocycles. The minimum Gasteiger partial charge on any atom is -0.486 e. The Labute approximate surface area is 190 Å². The van der Waals surface area contributed by atoms with Crippen molar-refractivity contribution in [2.45, 2.75) is 19.4 Å². The molecule has 32 heavy (non-hydrogen) atoms. The fourth-order valence-electron chi connectivity index (χ4n) is 4.79. The molecule has 0 saturated carbocycles. The monoisotopic (exact) mass is 432 g/mol. The molecule has 1 saturated heterocycles. The molecule has 3 aromatic rings. The number of hydrogen-bond acceptors (Lipinski definition) is 6. The summed E-state index contributed by atoms with van der Waals surface area (Å²) in [4.78, 5) is 12.0. The van der Waals surface area contributed by atoms with Gasteiger partial charge in [0.15, 0.2) is 11.5 Å². The van der Waals surface area contributed by atoms with Gasteiger partial charge in [0.1, 0.15) is 13.2 Å². The lowest BCUT2D eigenvalue weighted by Gasteiger charge is -2.40. The van der Waals surface area contributed by atoms with Gasteiger partial charge in [0.2, 0.25) is 0 Å². The number of nitrogens with zero attached hydrogens (tertiary/aromatic N) is 4. The summed E-state index contributed by atoms with van der Waals surface area (Å²) in [6.45, 7) is 8.75. The molecule has 0 N–H and O–H groups in total. The first-order valence-electron chi connectivity index (χ1n) is 11.6. The molecule has 0 radical (unpaired) electrons. The summed E-state index contributed by atoms with van der Waals surface area (Å²) in [5.41, 5.74) is 3.45. The number of benzene rings is 2. The Balaban J connectivity index is 1.17. The fraction of sp³-hybridized carbons (Fsp3) is 0.423. The predicted molar refractivity (Wildman–Crippen MR) is 130 cm³/mol. The number of hydrogen-bond donors (Lipinski definition) is 0. The summed E-state index contributed by atoms with van der Waals surface area (Å²) in [7, 11) is 2.18. The topological polar surface area (TPSA) is 41.1 Å². The third kappa shape index (κ3) is 4.19. The van der Waals surface area contributed by atoms with Crippen molar-refractivity contribution < 1.29 is 9.47 Å². The van der Waals surface area contributed by atoms with Gasteiger partial charge in [-0.15, -0.1) is 0 Å². The van der Waals surface area contributed by atoms with Crippen molar-refractivity contribution in [3.8, 4) is 11.5 Å². The van der Waals surface area contributed by atoms with Crippen molar-refractivity contribution in [2.24, 2.45) is 0 Å². The number of aromatic nitrogens is 1. The SMILES string of the molecule is CC(CCN(C)c1cccc2cccnc12)N1CCN(c2cccc3c2OCCO3)CC1. The number of rotatable bonds is 6. The third-order valence-electron chi connectivity index (χ3n) is 6.73. The highest BCUT2D eigenvalue weighted by atomic mass is 16.6. The summed E-state index contributed by atoms with van der Waals surface area (Å²) in [5.74, 6) is 1.78. The van der Waals surface area contributed by atoms with E-state index in [1.165, 1.54) is 11.1 Å². The zero-order valence-electron chi connectivity index (χ0n) is 19.0. The van der Waals surface area contributed by atoms with Gasteiger partial charge in [0.25, 0.3) is 0 Å². The van der Waals surface area contributed by atoms with Crippen molar-refractivity contribution in [2.75, 3.05) is 62.8 Å². The Bertz CT molecular complexity index is 1060. The molecular formula is C26H32N4O2. The molecule has 168 valence electrons. The summed E-state index contributed by atoms with van der Waals surface area (Å²) in [6, 6.07) is 17.3. The van der Waals surface area contributed by atoms with Crippen molar-refractivity contribution >= 4 is 22.3 Å². The molecule has 1 aromatic heterocycles. The highest BCUT2D eigenvalue weighted by Crippen LogP contribution is 2.39. The van der Waals surface area contributed by atoms with E-state index in [4.69, 9.17) is 9.47 Å². The molecule has 6 heteroatoms. The van der Waals surface area contributed by atoms with Gasteiger partial charge in [-0.25, -0.2) is 0 Å². The Hall–Kier alpha value is -2.99. The van der Waals surface area contributed by atoms with Crippen LogP contribution < -0.4 is 19.3 Å². The number of anilines is 2. The predicted octanol–water partition coefficient (Wildman–Crippen LogP) is 4.04. The number of ether oxygens (including phenoxy) is 2. The number of fused-ring (bicyclic) bond motifs is 2. The van der Waals surface area contributed by atoms with E-state index in [1.807, 2.05) is 18.3 Å². The van der Waals surface area contributed by atoms with E-state index in [1.54, 1.807) is 0 Å². The van der Waals surface area contributed by atoms with Crippen LogP contribution in [0.25, 0.3) is 10.9 Å². The molecule has 2 aliphatic heterocycles. The van der Waals surface area contributed by atoms with Crippen LogP contribution in [0.1, 0.15) is 13.3 Å². The quantitative estimate of drug-likeness (QED) is 0.586. The van der Waals surface area contributed by atoms with E-state index in [0.29, 0.717) is 19.3 Å². The summed E-state index contributed by atoms with van der Waals surface area (Å²) in [6.07, 6.45) is 3.00. The molecule has 0 amide bonds. The molecule has 1 unspecified atom stereocenters. The maximum absolute atomic E-state index is 5.93. The standard InChI is InChI=1S/C26H32N4O2/c1-20(11-13-28(2)22-8-3-6-21-7-5-12-27-25(21)22)29-14-16-30(17-15-29)23-9-4-10-24-26(23)32-19-18-31-24/h3-10,12,20H,11,13-19H2,1-2H3. The van der Waals surface area contributed by atoms with Crippen LogP contribution in [0.5, 0.6) is 11.5 Å². The Morgan fingerprint density at radius 3 is 2.62 bits per heavy atom. The van der Waals surface area contributed by atoms with Crippen LogP contribution in [0.15, 0.2) is 54.7 Å². The second-order valence-corrected chi connectivity index (χ2v) is 8.74. The average Bonchev–Trinajstić information content (AvgIpc) is 2.86. The third-order valence-corrected chi connectivity index (χ3v) is 6.73. The lowest BCUT2D eigenvalue weighted by Crippen LogP contribution is -2.50. The lowest BCUT2D eigenvalue weighted by atomic mass is 10.1. The van der Waals surface area contributed by atoms with Crippen molar-refractivity contribution in [3.05, 3.63) is 54.7 Å². The number of piperazine rings is 1. The van der Waals surface area contributed by atoms with E-state index >= 15 is 0 Å². The maximum atomic E-state index is 5.93. The number of pyridine rings is 1. The van der Waals surface area contributed by atoms with Crippen molar-refractivity contribution in [3.63, 3.8) is 0 Å². The van der Waals surface area contributed by atoms with Gasteiger partial charge in [0, 0.05) is 57.4 Å². The van der Waals surface area contributed by atoms with Crippen molar-refractivity contribution in [1.82, 2.24) is 9.88 Å². The van der Waals surface area contributed by atoms with E-state index in [-0.39, 0.29) is 0 Å². The van der Waals surface area contributed by atoms with Gasteiger partial charge in [-0.1, -0.05) is 24.3 Å². The van der Waals surface area contributed by atoms with Gasteiger partial charge in [-0.05, 0) is 37.6 Å². The van der Waals surface area contributed by atoms with Crippen molar-refractivity contribution in [1.29, 1.82) is 0 Å². The first-order chi connectivity index (χ1) is 15.7. The zero-order chi connectivity index (χ0) is 21.9. The Kier molecular flexibility index (Phi) is 6.04. The summed E-state index contributed by atoms with van der Waals surface area (Å²) in [5, 5.41) is 1.19. The van der Waals surface area contributed by atoms with E-state index in [0.717, 1.165) is 61.8 Å². The molecule has 0 spiro atoms. The van der Waals surface area contributed by atoms with Crippen LogP contribution in [0.3, 0.4) is 0 Å². The maximum Gasteiger partial charge on any atom is 0.184 e. The molecule has 1 atom stereocenters. The fourth-order valence-corrected chi connectivity index (χ4v) is 4.79. The van der Waals surface area contributed by atoms with E-state index < -0.39 is 0 Å². The molecule has 0 aliphatic carbocycles. The van der Waals surface area contributed by atoms with Gasteiger partial charge < -0.3 is 19.3 Å². The zero-order valence-corrected chi connectivity index (χ0v) is 19.0.